The summed E-state index contributed by atoms with van der Waals surface area (Å²) in [5, 5.41) is 0. The third-order valence-electron chi connectivity index (χ3n) is 2.99. The van der Waals surface area contributed by atoms with Gasteiger partial charge in [0.1, 0.15) is 0 Å². The molecule has 1 aromatic rings. The molecule has 100 valence electrons. The van der Waals surface area contributed by atoms with Crippen molar-refractivity contribution in [2.75, 3.05) is 6.61 Å². The number of carbonyl (C=O) groups is 1. The molecule has 0 radical (unpaired) electrons. The number of halogens is 1. The lowest BCUT2D eigenvalue weighted by Crippen LogP contribution is -2.11. The minimum Gasteiger partial charge on any atom is -0.466 e. The highest BCUT2D eigenvalue weighted by Gasteiger charge is 2.15. The van der Waals surface area contributed by atoms with Gasteiger partial charge >= 0.3 is 5.97 Å². The lowest BCUT2D eigenvalue weighted by Gasteiger charge is -2.15. The Morgan fingerprint density at radius 2 is 2.17 bits per heavy atom. The molecule has 0 amide bonds. The molecule has 2 nitrogen and oxygen atoms in total. The van der Waals surface area contributed by atoms with Gasteiger partial charge in [-0.1, -0.05) is 48.3 Å². The second-order valence-electron chi connectivity index (χ2n) is 4.44. The predicted molar refractivity (Wildman–Crippen MR) is 77.7 cm³/mol. The molecule has 0 N–H and O–H groups in total. The van der Waals surface area contributed by atoms with E-state index in [1.165, 1.54) is 5.56 Å². The van der Waals surface area contributed by atoms with Crippen molar-refractivity contribution in [3.8, 4) is 0 Å². The molecule has 0 bridgehead atoms. The van der Waals surface area contributed by atoms with Crippen LogP contribution >= 0.6 is 15.9 Å². The molecule has 1 aromatic carbocycles. The van der Waals surface area contributed by atoms with E-state index >= 15 is 0 Å². The van der Waals surface area contributed by atoms with Gasteiger partial charge in [0, 0.05) is 4.47 Å². The van der Waals surface area contributed by atoms with Crippen molar-refractivity contribution in [3.63, 3.8) is 0 Å². The first-order valence-electron chi connectivity index (χ1n) is 6.58. The molecule has 0 heterocycles. The van der Waals surface area contributed by atoms with Gasteiger partial charge in [-0.25, -0.2) is 0 Å². The first-order chi connectivity index (χ1) is 8.67. The zero-order valence-electron chi connectivity index (χ0n) is 11.1. The molecule has 0 aliphatic carbocycles. The van der Waals surface area contributed by atoms with Crippen LogP contribution in [0.1, 0.15) is 51.0 Å². The Balaban J connectivity index is 2.54. The highest BCUT2D eigenvalue weighted by atomic mass is 79.9. The van der Waals surface area contributed by atoms with Crippen LogP contribution in [0.3, 0.4) is 0 Å². The maximum absolute atomic E-state index is 11.7. The third kappa shape index (κ3) is 5.21. The molecule has 0 saturated heterocycles. The molecule has 3 heteroatoms. The van der Waals surface area contributed by atoms with Gasteiger partial charge in [-0.2, -0.15) is 0 Å². The predicted octanol–water partition coefficient (Wildman–Crippen LogP) is 4.68. The molecule has 0 aliphatic heterocycles. The lowest BCUT2D eigenvalue weighted by molar-refractivity contribution is -0.144. The van der Waals surface area contributed by atoms with E-state index in [-0.39, 0.29) is 11.9 Å². The first-order valence-corrected chi connectivity index (χ1v) is 7.37. The van der Waals surface area contributed by atoms with Crippen molar-refractivity contribution in [2.24, 2.45) is 0 Å². The average Bonchev–Trinajstić information content (AvgIpc) is 2.36. The standard InChI is InChI=1S/C15H21BrO2/c1-3-5-9-18-15(17)11-12(4-2)13-7-6-8-14(16)10-13/h6-8,10,12H,3-5,9,11H2,1-2H3. The summed E-state index contributed by atoms with van der Waals surface area (Å²) < 4.78 is 6.27. The summed E-state index contributed by atoms with van der Waals surface area (Å²) in [7, 11) is 0. The summed E-state index contributed by atoms with van der Waals surface area (Å²) in [5.74, 6) is 0.159. The number of hydrogen-bond acceptors (Lipinski definition) is 2. The molecular weight excluding hydrogens is 292 g/mol. The minimum absolute atomic E-state index is 0.0877. The van der Waals surface area contributed by atoms with Crippen molar-refractivity contribution in [1.82, 2.24) is 0 Å². The fourth-order valence-corrected chi connectivity index (χ4v) is 2.27. The van der Waals surface area contributed by atoms with E-state index in [9.17, 15) is 4.79 Å². The van der Waals surface area contributed by atoms with Gasteiger partial charge in [-0.15, -0.1) is 0 Å². The zero-order valence-corrected chi connectivity index (χ0v) is 12.7. The summed E-state index contributed by atoms with van der Waals surface area (Å²) in [5.41, 5.74) is 1.19. The largest absolute Gasteiger partial charge is 0.466 e. The van der Waals surface area contributed by atoms with Crippen LogP contribution in [-0.4, -0.2) is 12.6 Å². The first kappa shape index (κ1) is 15.2. The van der Waals surface area contributed by atoms with Gasteiger partial charge in [0.2, 0.25) is 0 Å². The Morgan fingerprint density at radius 3 is 2.78 bits per heavy atom. The van der Waals surface area contributed by atoms with E-state index in [1.807, 2.05) is 12.1 Å². The van der Waals surface area contributed by atoms with Crippen molar-refractivity contribution in [1.29, 1.82) is 0 Å². The Kier molecular flexibility index (Phi) is 7.02. The van der Waals surface area contributed by atoms with Crippen molar-refractivity contribution >= 4 is 21.9 Å². The smallest absolute Gasteiger partial charge is 0.306 e. The second kappa shape index (κ2) is 8.30. The van der Waals surface area contributed by atoms with Crippen LogP contribution in [-0.2, 0) is 9.53 Å². The van der Waals surface area contributed by atoms with E-state index in [0.29, 0.717) is 13.0 Å². The molecule has 0 aromatic heterocycles. The van der Waals surface area contributed by atoms with Gasteiger partial charge in [0.15, 0.2) is 0 Å². The molecule has 1 rings (SSSR count). The number of rotatable bonds is 7. The lowest BCUT2D eigenvalue weighted by atomic mass is 9.93. The van der Waals surface area contributed by atoms with Crippen LogP contribution < -0.4 is 0 Å². The quantitative estimate of drug-likeness (QED) is 0.540. The maximum Gasteiger partial charge on any atom is 0.306 e. The van der Waals surface area contributed by atoms with Gasteiger partial charge < -0.3 is 4.74 Å². The Hall–Kier alpha value is -0.830. The number of unbranched alkanes of at least 4 members (excludes halogenated alkanes) is 1. The van der Waals surface area contributed by atoms with Gasteiger partial charge in [-0.3, -0.25) is 4.79 Å². The van der Waals surface area contributed by atoms with Gasteiger partial charge in [0.05, 0.1) is 13.0 Å². The Labute approximate surface area is 118 Å². The van der Waals surface area contributed by atoms with Crippen LogP contribution in [0.15, 0.2) is 28.7 Å². The van der Waals surface area contributed by atoms with E-state index in [2.05, 4.69) is 41.9 Å². The molecule has 0 aliphatic rings. The second-order valence-corrected chi connectivity index (χ2v) is 5.35. The molecule has 1 atom stereocenters. The summed E-state index contributed by atoms with van der Waals surface area (Å²) in [4.78, 5) is 11.7. The number of benzene rings is 1. The van der Waals surface area contributed by atoms with E-state index < -0.39 is 0 Å². The number of esters is 1. The monoisotopic (exact) mass is 312 g/mol. The Bertz CT molecular complexity index is 377. The van der Waals surface area contributed by atoms with E-state index in [1.54, 1.807) is 0 Å². The number of hydrogen-bond donors (Lipinski definition) is 0. The fraction of sp³-hybridized carbons (Fsp3) is 0.533. The summed E-state index contributed by atoms with van der Waals surface area (Å²) in [6.07, 6.45) is 3.41. The Morgan fingerprint density at radius 1 is 1.39 bits per heavy atom. The zero-order chi connectivity index (χ0) is 13.4. The van der Waals surface area contributed by atoms with Crippen molar-refractivity contribution in [2.45, 2.75) is 45.4 Å². The van der Waals surface area contributed by atoms with E-state index in [0.717, 1.165) is 23.7 Å². The van der Waals surface area contributed by atoms with Crippen LogP contribution in [0.2, 0.25) is 0 Å². The summed E-state index contributed by atoms with van der Waals surface area (Å²) in [6.45, 7) is 4.74. The molecule has 18 heavy (non-hydrogen) atoms. The molecule has 0 saturated carbocycles. The molecule has 1 unspecified atom stereocenters. The highest BCUT2D eigenvalue weighted by Crippen LogP contribution is 2.26. The fourth-order valence-electron chi connectivity index (χ4n) is 1.85. The SMILES string of the molecule is CCCCOC(=O)CC(CC)c1cccc(Br)c1. The highest BCUT2D eigenvalue weighted by molar-refractivity contribution is 9.10. The van der Waals surface area contributed by atoms with Crippen LogP contribution in [0, 0.1) is 0 Å². The minimum atomic E-state index is -0.0877. The topological polar surface area (TPSA) is 26.3 Å². The molecular formula is C15H21BrO2. The molecule has 0 fully saturated rings. The average molecular weight is 313 g/mol. The summed E-state index contributed by atoms with van der Waals surface area (Å²) >= 11 is 3.46. The van der Waals surface area contributed by atoms with Gasteiger partial charge in [-0.05, 0) is 36.5 Å². The number of carbonyl (C=O) groups excluding carboxylic acids is 1. The third-order valence-corrected chi connectivity index (χ3v) is 3.48. The summed E-state index contributed by atoms with van der Waals surface area (Å²) in [6, 6.07) is 8.14. The van der Waals surface area contributed by atoms with Crippen LogP contribution in [0.4, 0.5) is 0 Å². The maximum atomic E-state index is 11.7. The molecule has 0 spiro atoms. The number of ether oxygens (including phenoxy) is 1. The van der Waals surface area contributed by atoms with Crippen molar-refractivity contribution < 1.29 is 9.53 Å². The van der Waals surface area contributed by atoms with Crippen LogP contribution in [0.25, 0.3) is 0 Å². The normalized spacial score (nSPS) is 12.2. The van der Waals surface area contributed by atoms with Crippen molar-refractivity contribution in [3.05, 3.63) is 34.3 Å². The van der Waals surface area contributed by atoms with E-state index in [4.69, 9.17) is 4.74 Å². The van der Waals surface area contributed by atoms with Crippen LogP contribution in [0.5, 0.6) is 0 Å². The van der Waals surface area contributed by atoms with Gasteiger partial charge in [0.25, 0.3) is 0 Å².